The second-order valence-corrected chi connectivity index (χ2v) is 5.64. The largest absolute Gasteiger partial charge is 0.309 e. The fourth-order valence-electron chi connectivity index (χ4n) is 3.21. The van der Waals surface area contributed by atoms with E-state index in [4.69, 9.17) is 0 Å². The van der Waals surface area contributed by atoms with Crippen LogP contribution in [0.15, 0.2) is 49.4 Å². The summed E-state index contributed by atoms with van der Waals surface area (Å²) in [5, 5.41) is 7.99. The molecule has 1 aliphatic rings. The lowest BCUT2D eigenvalue weighted by atomic mass is 9.99. The summed E-state index contributed by atoms with van der Waals surface area (Å²) >= 11 is 0. The number of aromatic nitrogens is 3. The zero-order chi connectivity index (χ0) is 14.5. The third-order valence-electron chi connectivity index (χ3n) is 4.27. The average molecular weight is 282 g/mol. The summed E-state index contributed by atoms with van der Waals surface area (Å²) < 4.78 is 1.83. The SMILES string of the molecule is C=CCC1CCCC1NCc1cccnc1-n1cccn1. The van der Waals surface area contributed by atoms with E-state index in [1.54, 1.807) is 6.20 Å². The average Bonchev–Trinajstić information content (AvgIpc) is 3.17. The summed E-state index contributed by atoms with van der Waals surface area (Å²) in [6, 6.07) is 6.62. The Morgan fingerprint density at radius 1 is 1.33 bits per heavy atom. The molecule has 4 heteroatoms. The summed E-state index contributed by atoms with van der Waals surface area (Å²) in [5.41, 5.74) is 1.19. The van der Waals surface area contributed by atoms with E-state index in [9.17, 15) is 0 Å². The van der Waals surface area contributed by atoms with E-state index in [1.807, 2.05) is 35.3 Å². The van der Waals surface area contributed by atoms with Crippen LogP contribution in [0.5, 0.6) is 0 Å². The molecule has 0 aromatic carbocycles. The van der Waals surface area contributed by atoms with Crippen LogP contribution in [-0.4, -0.2) is 20.8 Å². The fraction of sp³-hybridized carbons (Fsp3) is 0.412. The highest BCUT2D eigenvalue weighted by Gasteiger charge is 2.25. The van der Waals surface area contributed by atoms with Gasteiger partial charge in [-0.3, -0.25) is 0 Å². The minimum absolute atomic E-state index is 0.591. The monoisotopic (exact) mass is 282 g/mol. The molecule has 0 aliphatic heterocycles. The van der Waals surface area contributed by atoms with E-state index in [2.05, 4.69) is 28.0 Å². The molecule has 2 atom stereocenters. The van der Waals surface area contributed by atoms with Gasteiger partial charge in [0.05, 0.1) is 0 Å². The van der Waals surface area contributed by atoms with Gasteiger partial charge in [-0.2, -0.15) is 5.10 Å². The summed E-state index contributed by atoms with van der Waals surface area (Å²) in [6.07, 6.45) is 12.6. The molecule has 0 spiro atoms. The molecule has 1 fully saturated rings. The van der Waals surface area contributed by atoms with Gasteiger partial charge < -0.3 is 5.32 Å². The summed E-state index contributed by atoms with van der Waals surface area (Å²) in [7, 11) is 0. The van der Waals surface area contributed by atoms with Gasteiger partial charge >= 0.3 is 0 Å². The molecule has 2 heterocycles. The minimum Gasteiger partial charge on any atom is -0.309 e. The molecule has 1 aliphatic carbocycles. The van der Waals surface area contributed by atoms with Crippen molar-refractivity contribution in [3.63, 3.8) is 0 Å². The van der Waals surface area contributed by atoms with E-state index in [0.29, 0.717) is 6.04 Å². The predicted molar refractivity (Wildman–Crippen MR) is 84.1 cm³/mol. The smallest absolute Gasteiger partial charge is 0.157 e. The second kappa shape index (κ2) is 6.68. The molecule has 21 heavy (non-hydrogen) atoms. The van der Waals surface area contributed by atoms with Crippen LogP contribution in [0.4, 0.5) is 0 Å². The van der Waals surface area contributed by atoms with Crippen molar-refractivity contribution in [2.24, 2.45) is 5.92 Å². The molecular weight excluding hydrogens is 260 g/mol. The van der Waals surface area contributed by atoms with Gasteiger partial charge in [0.25, 0.3) is 0 Å². The summed E-state index contributed by atoms with van der Waals surface area (Å²) in [5.74, 6) is 1.64. The van der Waals surface area contributed by atoms with Crippen molar-refractivity contribution in [3.05, 3.63) is 55.0 Å². The van der Waals surface area contributed by atoms with E-state index < -0.39 is 0 Å². The van der Waals surface area contributed by atoms with Crippen LogP contribution >= 0.6 is 0 Å². The van der Waals surface area contributed by atoms with Crippen LogP contribution in [0.3, 0.4) is 0 Å². The maximum Gasteiger partial charge on any atom is 0.157 e. The molecule has 4 nitrogen and oxygen atoms in total. The van der Waals surface area contributed by atoms with E-state index >= 15 is 0 Å². The number of allylic oxidation sites excluding steroid dienone is 1. The molecule has 2 unspecified atom stereocenters. The zero-order valence-electron chi connectivity index (χ0n) is 12.3. The first kappa shape index (κ1) is 14.0. The Morgan fingerprint density at radius 2 is 2.29 bits per heavy atom. The second-order valence-electron chi connectivity index (χ2n) is 5.64. The highest BCUT2D eigenvalue weighted by atomic mass is 15.3. The van der Waals surface area contributed by atoms with Gasteiger partial charge in [-0.25, -0.2) is 9.67 Å². The predicted octanol–water partition coefficient (Wildman–Crippen LogP) is 3.10. The Hall–Kier alpha value is -1.94. The first-order chi connectivity index (χ1) is 10.4. The number of hydrogen-bond donors (Lipinski definition) is 1. The topological polar surface area (TPSA) is 42.7 Å². The van der Waals surface area contributed by atoms with Crippen LogP contribution in [-0.2, 0) is 6.54 Å². The molecule has 2 aromatic rings. The number of nitrogens with zero attached hydrogens (tertiary/aromatic N) is 3. The lowest BCUT2D eigenvalue weighted by Gasteiger charge is -2.20. The van der Waals surface area contributed by atoms with Crippen molar-refractivity contribution in [2.75, 3.05) is 0 Å². The Morgan fingerprint density at radius 3 is 3.10 bits per heavy atom. The van der Waals surface area contributed by atoms with Gasteiger partial charge in [0.15, 0.2) is 5.82 Å². The Labute approximate surface area is 125 Å². The van der Waals surface area contributed by atoms with Crippen LogP contribution in [0, 0.1) is 5.92 Å². The zero-order valence-corrected chi connectivity index (χ0v) is 12.3. The van der Waals surface area contributed by atoms with Crippen molar-refractivity contribution in [1.29, 1.82) is 0 Å². The Balaban J connectivity index is 1.70. The van der Waals surface area contributed by atoms with Crippen LogP contribution in [0.2, 0.25) is 0 Å². The number of hydrogen-bond acceptors (Lipinski definition) is 3. The van der Waals surface area contributed by atoms with Crippen molar-refractivity contribution in [2.45, 2.75) is 38.3 Å². The molecule has 1 saturated carbocycles. The number of nitrogens with one attached hydrogen (secondary N) is 1. The van der Waals surface area contributed by atoms with Crippen molar-refractivity contribution in [1.82, 2.24) is 20.1 Å². The Kier molecular flexibility index (Phi) is 4.46. The number of pyridine rings is 1. The van der Waals surface area contributed by atoms with E-state index in [-0.39, 0.29) is 0 Å². The molecule has 3 rings (SSSR count). The maximum atomic E-state index is 4.47. The first-order valence-corrected chi connectivity index (χ1v) is 7.66. The van der Waals surface area contributed by atoms with E-state index in [0.717, 1.165) is 24.7 Å². The Bertz CT molecular complexity index is 576. The van der Waals surface area contributed by atoms with Crippen LogP contribution < -0.4 is 5.32 Å². The molecule has 2 aromatic heterocycles. The standard InChI is InChI=1S/C17H22N4/c1-2-6-14-7-3-9-16(14)19-13-15-8-4-10-18-17(15)21-12-5-11-20-21/h2,4-5,8,10-12,14,16,19H,1,3,6-7,9,13H2. The van der Waals surface area contributed by atoms with Crippen molar-refractivity contribution < 1.29 is 0 Å². The van der Waals surface area contributed by atoms with E-state index in [1.165, 1.54) is 24.8 Å². The molecule has 110 valence electrons. The summed E-state index contributed by atoms with van der Waals surface area (Å²) in [6.45, 7) is 4.71. The van der Waals surface area contributed by atoms with Crippen molar-refractivity contribution >= 4 is 0 Å². The van der Waals surface area contributed by atoms with Gasteiger partial charge in [-0.05, 0) is 37.3 Å². The fourth-order valence-corrected chi connectivity index (χ4v) is 3.21. The lowest BCUT2D eigenvalue weighted by molar-refractivity contribution is 0.401. The van der Waals surface area contributed by atoms with Crippen LogP contribution in [0.25, 0.3) is 5.82 Å². The maximum absolute atomic E-state index is 4.47. The molecule has 0 amide bonds. The normalized spacial score (nSPS) is 21.5. The van der Waals surface area contributed by atoms with Gasteiger partial charge in [0.2, 0.25) is 0 Å². The molecule has 0 saturated heterocycles. The van der Waals surface area contributed by atoms with Crippen molar-refractivity contribution in [3.8, 4) is 5.82 Å². The molecule has 0 radical (unpaired) electrons. The van der Waals surface area contributed by atoms with Crippen LogP contribution in [0.1, 0.15) is 31.2 Å². The highest BCUT2D eigenvalue weighted by Crippen LogP contribution is 2.29. The third kappa shape index (κ3) is 3.22. The van der Waals surface area contributed by atoms with Gasteiger partial charge in [0.1, 0.15) is 0 Å². The van der Waals surface area contributed by atoms with Gasteiger partial charge in [-0.1, -0.05) is 18.6 Å². The molecule has 0 bridgehead atoms. The van der Waals surface area contributed by atoms with Gasteiger partial charge in [-0.15, -0.1) is 6.58 Å². The van der Waals surface area contributed by atoms with Gasteiger partial charge in [0, 0.05) is 36.7 Å². The highest BCUT2D eigenvalue weighted by molar-refractivity contribution is 5.32. The quantitative estimate of drug-likeness (QED) is 0.828. The summed E-state index contributed by atoms with van der Waals surface area (Å²) in [4.78, 5) is 4.47. The molecular formula is C17H22N4. The first-order valence-electron chi connectivity index (χ1n) is 7.66. The lowest BCUT2D eigenvalue weighted by Crippen LogP contribution is -2.32. The minimum atomic E-state index is 0.591. The third-order valence-corrected chi connectivity index (χ3v) is 4.27. The number of rotatable bonds is 6. The molecule has 1 N–H and O–H groups in total.